The first-order valence-electron chi connectivity index (χ1n) is 5.72. The number of halogens is 3. The van der Waals surface area contributed by atoms with Crippen LogP contribution in [0.2, 0.25) is 0 Å². The lowest BCUT2D eigenvalue weighted by atomic mass is 10.2. The van der Waals surface area contributed by atoms with Crippen LogP contribution >= 0.6 is 0 Å². The number of hydrogen-bond acceptors (Lipinski definition) is 4. The number of hydrogen-bond donors (Lipinski definition) is 1. The second-order valence-corrected chi connectivity index (χ2v) is 3.94. The van der Waals surface area contributed by atoms with Crippen molar-refractivity contribution in [2.75, 3.05) is 7.05 Å². The summed E-state index contributed by atoms with van der Waals surface area (Å²) < 4.78 is 45.1. The molecular formula is C12H12F3N3O. The molecule has 0 radical (unpaired) electrons. The molecule has 2 rings (SSSR count). The zero-order valence-corrected chi connectivity index (χ0v) is 10.4. The Labute approximate surface area is 107 Å². The summed E-state index contributed by atoms with van der Waals surface area (Å²) >= 11 is 0. The average Bonchev–Trinajstić information content (AvgIpc) is 2.78. The van der Waals surface area contributed by atoms with E-state index in [1.165, 1.54) is 0 Å². The van der Waals surface area contributed by atoms with Crippen molar-refractivity contribution in [1.82, 2.24) is 15.5 Å². The summed E-state index contributed by atoms with van der Waals surface area (Å²) in [6.45, 7) is 1.89. The first-order valence-corrected chi connectivity index (χ1v) is 5.72. The summed E-state index contributed by atoms with van der Waals surface area (Å²) in [5.41, 5.74) is -0.522. The molecule has 0 aliphatic carbocycles. The average molecular weight is 271 g/mol. The Morgan fingerprint density at radius 3 is 2.37 bits per heavy atom. The molecule has 7 heteroatoms. The normalized spacial score (nSPS) is 12.7. The van der Waals surface area contributed by atoms with Crippen LogP contribution in [0.5, 0.6) is 0 Å². The molecule has 0 amide bonds. The number of nitrogens with zero attached hydrogens (tertiary/aromatic N) is 2. The zero-order valence-electron chi connectivity index (χ0n) is 10.4. The van der Waals surface area contributed by atoms with Gasteiger partial charge in [0.2, 0.25) is 5.89 Å². The van der Waals surface area contributed by atoms with E-state index < -0.39 is 23.0 Å². The van der Waals surface area contributed by atoms with E-state index in [-0.39, 0.29) is 17.8 Å². The molecule has 1 aromatic carbocycles. The van der Waals surface area contributed by atoms with Gasteiger partial charge in [0.05, 0.1) is 6.04 Å². The number of nitrogens with one attached hydrogen (secondary N) is 1. The van der Waals surface area contributed by atoms with E-state index in [9.17, 15) is 13.2 Å². The van der Waals surface area contributed by atoms with Gasteiger partial charge in [-0.25, -0.2) is 13.2 Å². The molecule has 0 spiro atoms. The monoisotopic (exact) mass is 271 g/mol. The zero-order chi connectivity index (χ0) is 14.0. The number of rotatable bonds is 4. The van der Waals surface area contributed by atoms with Gasteiger partial charge in [-0.3, -0.25) is 0 Å². The third-order valence-electron chi connectivity index (χ3n) is 2.72. The van der Waals surface area contributed by atoms with E-state index in [2.05, 4.69) is 15.5 Å². The summed E-state index contributed by atoms with van der Waals surface area (Å²) in [5, 5.41) is 10.3. The fourth-order valence-corrected chi connectivity index (χ4v) is 1.73. The van der Waals surface area contributed by atoms with Crippen LogP contribution in [0.4, 0.5) is 13.2 Å². The van der Waals surface area contributed by atoms with Crippen molar-refractivity contribution in [3.05, 3.63) is 35.5 Å². The topological polar surface area (TPSA) is 51.0 Å². The van der Waals surface area contributed by atoms with Crippen LogP contribution < -0.4 is 5.32 Å². The molecule has 0 aliphatic rings. The summed E-state index contributed by atoms with van der Waals surface area (Å²) in [7, 11) is 1.71. The highest BCUT2D eigenvalue weighted by Gasteiger charge is 2.21. The highest BCUT2D eigenvalue weighted by atomic mass is 19.1. The Balaban J connectivity index is 2.43. The number of aromatic nitrogens is 2. The van der Waals surface area contributed by atoms with E-state index in [1.807, 2.05) is 6.92 Å². The van der Waals surface area contributed by atoms with Gasteiger partial charge < -0.3 is 9.73 Å². The fraction of sp³-hybridized carbons (Fsp3) is 0.333. The molecule has 0 bridgehead atoms. The molecule has 0 saturated carbocycles. The van der Waals surface area contributed by atoms with E-state index >= 15 is 0 Å². The van der Waals surface area contributed by atoms with Gasteiger partial charge >= 0.3 is 0 Å². The Kier molecular flexibility index (Phi) is 3.84. The van der Waals surface area contributed by atoms with Crippen molar-refractivity contribution in [2.24, 2.45) is 0 Å². The predicted octanol–water partition coefficient (Wildman–Crippen LogP) is 2.82. The van der Waals surface area contributed by atoms with E-state index in [1.54, 1.807) is 7.05 Å². The van der Waals surface area contributed by atoms with Gasteiger partial charge in [-0.05, 0) is 13.5 Å². The van der Waals surface area contributed by atoms with Gasteiger partial charge in [-0.15, -0.1) is 10.2 Å². The van der Waals surface area contributed by atoms with Crippen molar-refractivity contribution in [1.29, 1.82) is 0 Å². The summed E-state index contributed by atoms with van der Waals surface area (Å²) in [5.74, 6) is -3.24. The first-order chi connectivity index (χ1) is 9.06. The van der Waals surface area contributed by atoms with Crippen molar-refractivity contribution in [3.63, 3.8) is 0 Å². The van der Waals surface area contributed by atoms with Crippen molar-refractivity contribution < 1.29 is 17.6 Å². The molecule has 4 nitrogen and oxygen atoms in total. The van der Waals surface area contributed by atoms with Gasteiger partial charge in [0.1, 0.15) is 23.0 Å². The van der Waals surface area contributed by atoms with Crippen molar-refractivity contribution >= 4 is 0 Å². The Hall–Kier alpha value is -1.89. The van der Waals surface area contributed by atoms with E-state index in [4.69, 9.17) is 4.42 Å². The van der Waals surface area contributed by atoms with Gasteiger partial charge in [0, 0.05) is 12.1 Å². The Bertz CT molecular complexity index is 558. The molecule has 0 fully saturated rings. The molecule has 0 saturated heterocycles. The van der Waals surface area contributed by atoms with Crippen LogP contribution in [0.15, 0.2) is 16.5 Å². The molecule has 1 aromatic heterocycles. The molecule has 1 atom stereocenters. The molecule has 1 unspecified atom stereocenters. The first kappa shape index (κ1) is 13.5. The van der Waals surface area contributed by atoms with E-state index in [0.29, 0.717) is 18.6 Å². The molecular weight excluding hydrogens is 259 g/mol. The number of benzene rings is 1. The minimum Gasteiger partial charge on any atom is -0.419 e. The lowest BCUT2D eigenvalue weighted by Gasteiger charge is -2.07. The van der Waals surface area contributed by atoms with Crippen LogP contribution in [0.25, 0.3) is 11.5 Å². The second-order valence-electron chi connectivity index (χ2n) is 3.94. The third kappa shape index (κ3) is 2.60. The maximum Gasteiger partial charge on any atom is 0.253 e. The van der Waals surface area contributed by atoms with Crippen LogP contribution in [0.1, 0.15) is 25.3 Å². The summed E-state index contributed by atoms with van der Waals surface area (Å²) in [6.07, 6.45) is 0.673. The lowest BCUT2D eigenvalue weighted by Crippen LogP contribution is -2.15. The minimum atomic E-state index is -1.08. The summed E-state index contributed by atoms with van der Waals surface area (Å²) in [4.78, 5) is 0. The quantitative estimate of drug-likeness (QED) is 0.929. The van der Waals surface area contributed by atoms with Crippen molar-refractivity contribution in [2.45, 2.75) is 19.4 Å². The highest BCUT2D eigenvalue weighted by Crippen LogP contribution is 2.27. The maximum atomic E-state index is 13.5. The second kappa shape index (κ2) is 5.40. The highest BCUT2D eigenvalue weighted by molar-refractivity contribution is 5.54. The van der Waals surface area contributed by atoms with Gasteiger partial charge in [-0.1, -0.05) is 6.92 Å². The SMILES string of the molecule is CCC(NC)c1nnc(-c2c(F)cc(F)cc2F)o1. The molecule has 102 valence electrons. The molecule has 2 aromatic rings. The fourth-order valence-electron chi connectivity index (χ4n) is 1.73. The van der Waals surface area contributed by atoms with Crippen LogP contribution in [-0.2, 0) is 0 Å². The largest absolute Gasteiger partial charge is 0.419 e. The van der Waals surface area contributed by atoms with Crippen molar-refractivity contribution in [3.8, 4) is 11.5 Å². The van der Waals surface area contributed by atoms with Crippen LogP contribution in [0.3, 0.4) is 0 Å². The van der Waals surface area contributed by atoms with E-state index in [0.717, 1.165) is 0 Å². The third-order valence-corrected chi connectivity index (χ3v) is 2.72. The smallest absolute Gasteiger partial charge is 0.253 e. The predicted molar refractivity (Wildman–Crippen MR) is 61.7 cm³/mol. The molecule has 1 heterocycles. The minimum absolute atomic E-state index is 0.201. The Morgan fingerprint density at radius 2 is 1.84 bits per heavy atom. The van der Waals surface area contributed by atoms with Gasteiger partial charge in [-0.2, -0.15) is 0 Å². The summed E-state index contributed by atoms with van der Waals surface area (Å²) in [6, 6.07) is 0.933. The molecule has 19 heavy (non-hydrogen) atoms. The standard InChI is InChI=1S/C12H12F3N3O/c1-3-9(16-2)11-17-18-12(19-11)10-7(14)4-6(13)5-8(10)15/h4-5,9,16H,3H2,1-2H3. The maximum absolute atomic E-state index is 13.5. The molecule has 0 aliphatic heterocycles. The lowest BCUT2D eigenvalue weighted by molar-refractivity contribution is 0.412. The Morgan fingerprint density at radius 1 is 1.21 bits per heavy atom. The van der Waals surface area contributed by atoms with Crippen LogP contribution in [-0.4, -0.2) is 17.2 Å². The van der Waals surface area contributed by atoms with Crippen LogP contribution in [0, 0.1) is 17.5 Å². The van der Waals surface area contributed by atoms with Gasteiger partial charge in [0.25, 0.3) is 5.89 Å². The van der Waals surface area contributed by atoms with Gasteiger partial charge in [0.15, 0.2) is 0 Å². The molecule has 1 N–H and O–H groups in total.